The molecule has 0 aliphatic carbocycles. The van der Waals surface area contributed by atoms with E-state index in [1.54, 1.807) is 6.92 Å². The van der Waals surface area contributed by atoms with Crippen molar-refractivity contribution in [2.45, 2.75) is 13.3 Å². The molecule has 0 radical (unpaired) electrons. The fourth-order valence-electron chi connectivity index (χ4n) is 1.59. The normalized spacial score (nSPS) is 9.47. The number of nitriles is 1. The van der Waals surface area contributed by atoms with E-state index in [1.165, 1.54) is 6.07 Å². The Morgan fingerprint density at radius 1 is 1.59 bits per heavy atom. The average molecular weight is 234 g/mol. The van der Waals surface area contributed by atoms with E-state index in [2.05, 4.69) is 4.74 Å². The van der Waals surface area contributed by atoms with Gasteiger partial charge in [-0.25, -0.2) is 4.79 Å². The highest BCUT2D eigenvalue weighted by Gasteiger charge is 2.26. The third-order valence-electron chi connectivity index (χ3n) is 2.35. The Labute approximate surface area is 97.6 Å². The second-order valence-corrected chi connectivity index (χ2v) is 3.20. The molecular formula is C11H10N2O4. The van der Waals surface area contributed by atoms with Crippen LogP contribution < -0.4 is 0 Å². The Morgan fingerprint density at radius 3 is 2.65 bits per heavy atom. The molecule has 1 rings (SSSR count). The zero-order chi connectivity index (χ0) is 13.0. The third kappa shape index (κ3) is 2.23. The molecule has 0 saturated carbocycles. The smallest absolute Gasteiger partial charge is 0.345 e. The Morgan fingerprint density at radius 2 is 2.24 bits per heavy atom. The van der Waals surface area contributed by atoms with Crippen LogP contribution in [0.2, 0.25) is 0 Å². The molecular weight excluding hydrogens is 224 g/mol. The molecule has 1 aromatic rings. The second-order valence-electron chi connectivity index (χ2n) is 3.20. The molecule has 0 fully saturated rings. The molecule has 0 atom stereocenters. The van der Waals surface area contributed by atoms with Crippen LogP contribution in [0.15, 0.2) is 12.1 Å². The van der Waals surface area contributed by atoms with Crippen molar-refractivity contribution in [1.82, 2.24) is 0 Å². The van der Waals surface area contributed by atoms with Gasteiger partial charge in [-0.3, -0.25) is 10.1 Å². The summed E-state index contributed by atoms with van der Waals surface area (Å²) in [6, 6.07) is 4.38. The molecule has 1 aromatic carbocycles. The SMILES string of the molecule is CCc1c(C#N)ccc([N+](=O)[O-])c1C(=O)OC. The number of hydrogen-bond donors (Lipinski definition) is 0. The quantitative estimate of drug-likeness (QED) is 0.451. The fraction of sp³-hybridized carbons (Fsp3) is 0.273. The van der Waals surface area contributed by atoms with Crippen molar-refractivity contribution in [2.24, 2.45) is 0 Å². The molecule has 6 heteroatoms. The highest BCUT2D eigenvalue weighted by atomic mass is 16.6. The maximum atomic E-state index is 11.6. The van der Waals surface area contributed by atoms with E-state index in [4.69, 9.17) is 5.26 Å². The zero-order valence-corrected chi connectivity index (χ0v) is 9.39. The predicted octanol–water partition coefficient (Wildman–Crippen LogP) is 1.82. The van der Waals surface area contributed by atoms with Crippen LogP contribution in [0, 0.1) is 21.4 Å². The van der Waals surface area contributed by atoms with Crippen molar-refractivity contribution >= 4 is 11.7 Å². The van der Waals surface area contributed by atoms with E-state index in [-0.39, 0.29) is 16.8 Å². The van der Waals surface area contributed by atoms with Gasteiger partial charge in [-0.1, -0.05) is 6.92 Å². The Kier molecular flexibility index (Phi) is 3.78. The molecule has 6 nitrogen and oxygen atoms in total. The minimum absolute atomic E-state index is 0.140. The van der Waals surface area contributed by atoms with Crippen LogP contribution in [0.5, 0.6) is 0 Å². The van der Waals surface area contributed by atoms with E-state index >= 15 is 0 Å². The number of ether oxygens (including phenoxy) is 1. The second kappa shape index (κ2) is 5.07. The van der Waals surface area contributed by atoms with Crippen molar-refractivity contribution in [1.29, 1.82) is 5.26 Å². The lowest BCUT2D eigenvalue weighted by Gasteiger charge is -2.08. The van der Waals surface area contributed by atoms with Gasteiger partial charge in [-0.2, -0.15) is 5.26 Å². The highest BCUT2D eigenvalue weighted by molar-refractivity contribution is 5.96. The van der Waals surface area contributed by atoms with E-state index in [1.807, 2.05) is 6.07 Å². The van der Waals surface area contributed by atoms with Crippen molar-refractivity contribution in [3.8, 4) is 6.07 Å². The number of methoxy groups -OCH3 is 1. The number of nitrogens with zero attached hydrogens (tertiary/aromatic N) is 2. The van der Waals surface area contributed by atoms with Crippen molar-refractivity contribution < 1.29 is 14.5 Å². The standard InChI is InChI=1S/C11H10N2O4/c1-3-8-7(6-12)4-5-9(13(15)16)10(8)11(14)17-2/h4-5H,3H2,1-2H3. The van der Waals surface area contributed by atoms with Gasteiger partial charge >= 0.3 is 5.97 Å². The third-order valence-corrected chi connectivity index (χ3v) is 2.35. The first kappa shape index (κ1) is 12.6. The summed E-state index contributed by atoms with van der Waals surface area (Å²) in [5.41, 5.74) is 0.110. The summed E-state index contributed by atoms with van der Waals surface area (Å²) in [7, 11) is 1.14. The van der Waals surface area contributed by atoms with Crippen LogP contribution in [0.4, 0.5) is 5.69 Å². The summed E-state index contributed by atoms with van der Waals surface area (Å²) in [6.07, 6.45) is 0.342. The van der Waals surface area contributed by atoms with Gasteiger partial charge < -0.3 is 4.74 Å². The topological polar surface area (TPSA) is 93.2 Å². The van der Waals surface area contributed by atoms with Gasteiger partial charge in [0.25, 0.3) is 5.69 Å². The van der Waals surface area contributed by atoms with Crippen molar-refractivity contribution in [3.63, 3.8) is 0 Å². The first-order valence-corrected chi connectivity index (χ1v) is 4.85. The number of carbonyl (C=O) groups is 1. The van der Waals surface area contributed by atoms with Crippen LogP contribution in [-0.2, 0) is 11.2 Å². The van der Waals surface area contributed by atoms with Crippen molar-refractivity contribution in [3.05, 3.63) is 38.9 Å². The van der Waals surface area contributed by atoms with Gasteiger partial charge in [0.05, 0.1) is 23.7 Å². The van der Waals surface area contributed by atoms with E-state index in [0.29, 0.717) is 12.0 Å². The van der Waals surface area contributed by atoms with Crippen LogP contribution in [-0.4, -0.2) is 18.0 Å². The van der Waals surface area contributed by atoms with Gasteiger partial charge in [-0.15, -0.1) is 0 Å². The molecule has 0 aliphatic rings. The molecule has 17 heavy (non-hydrogen) atoms. The summed E-state index contributed by atoms with van der Waals surface area (Å²) in [6.45, 7) is 1.71. The van der Waals surface area contributed by atoms with E-state index in [0.717, 1.165) is 13.2 Å². The first-order valence-electron chi connectivity index (χ1n) is 4.85. The first-order chi connectivity index (χ1) is 8.06. The lowest BCUT2D eigenvalue weighted by Crippen LogP contribution is -2.10. The summed E-state index contributed by atoms with van der Waals surface area (Å²) in [4.78, 5) is 21.7. The molecule has 0 unspecified atom stereocenters. The zero-order valence-electron chi connectivity index (χ0n) is 9.39. The summed E-state index contributed by atoms with van der Waals surface area (Å²) in [5.74, 6) is -0.800. The molecule has 0 aliphatic heterocycles. The van der Waals surface area contributed by atoms with Crippen molar-refractivity contribution in [2.75, 3.05) is 7.11 Å². The number of hydrogen-bond acceptors (Lipinski definition) is 5. The minimum atomic E-state index is -0.800. The van der Waals surface area contributed by atoms with E-state index in [9.17, 15) is 14.9 Å². The Bertz CT molecular complexity index is 517. The van der Waals surface area contributed by atoms with Gasteiger partial charge in [0.1, 0.15) is 5.56 Å². The van der Waals surface area contributed by atoms with Gasteiger partial charge in [-0.05, 0) is 18.1 Å². The van der Waals surface area contributed by atoms with Crippen LogP contribution in [0.25, 0.3) is 0 Å². The van der Waals surface area contributed by atoms with E-state index < -0.39 is 10.9 Å². The summed E-state index contributed by atoms with van der Waals surface area (Å²) in [5, 5.41) is 19.7. The number of nitro benzene ring substituents is 1. The van der Waals surface area contributed by atoms with Gasteiger partial charge in [0, 0.05) is 6.07 Å². The maximum Gasteiger partial charge on any atom is 0.345 e. The Hall–Kier alpha value is -2.42. The molecule has 0 spiro atoms. The summed E-state index contributed by atoms with van der Waals surface area (Å²) >= 11 is 0. The molecule has 0 N–H and O–H groups in total. The number of carbonyl (C=O) groups excluding carboxylic acids is 1. The molecule has 0 aromatic heterocycles. The number of benzene rings is 1. The lowest BCUT2D eigenvalue weighted by molar-refractivity contribution is -0.385. The highest BCUT2D eigenvalue weighted by Crippen LogP contribution is 2.26. The maximum absolute atomic E-state index is 11.6. The largest absolute Gasteiger partial charge is 0.465 e. The van der Waals surface area contributed by atoms with Crippen LogP contribution in [0.1, 0.15) is 28.4 Å². The minimum Gasteiger partial charge on any atom is -0.465 e. The van der Waals surface area contributed by atoms with Gasteiger partial charge in [0.2, 0.25) is 0 Å². The monoisotopic (exact) mass is 234 g/mol. The number of rotatable bonds is 3. The Balaban J connectivity index is 3.63. The van der Waals surface area contributed by atoms with Crippen LogP contribution >= 0.6 is 0 Å². The predicted molar refractivity (Wildman–Crippen MR) is 58.5 cm³/mol. The van der Waals surface area contributed by atoms with Crippen LogP contribution in [0.3, 0.4) is 0 Å². The molecule has 0 bridgehead atoms. The fourth-order valence-corrected chi connectivity index (χ4v) is 1.59. The molecule has 88 valence electrons. The average Bonchev–Trinajstić information content (AvgIpc) is 2.35. The summed E-state index contributed by atoms with van der Waals surface area (Å²) < 4.78 is 4.52. The molecule has 0 heterocycles. The molecule has 0 amide bonds. The lowest BCUT2D eigenvalue weighted by atomic mass is 9.98. The van der Waals surface area contributed by atoms with Gasteiger partial charge in [0.15, 0.2) is 0 Å². The number of esters is 1. The molecule has 0 saturated heterocycles. The number of nitro groups is 1.